The van der Waals surface area contributed by atoms with Gasteiger partial charge in [0, 0.05) is 5.54 Å². The Morgan fingerprint density at radius 2 is 1.82 bits per heavy atom. The minimum absolute atomic E-state index is 0.227. The summed E-state index contributed by atoms with van der Waals surface area (Å²) in [6.45, 7) is 14.1. The second-order valence-electron chi connectivity index (χ2n) is 7.01. The largest absolute Gasteiger partial charge is 0.492 e. The lowest BCUT2D eigenvalue weighted by Gasteiger charge is -2.23. The molecule has 0 amide bonds. The zero-order chi connectivity index (χ0) is 17.1. The van der Waals surface area contributed by atoms with E-state index in [4.69, 9.17) is 4.74 Å². The zero-order valence-corrected chi connectivity index (χ0v) is 15.6. The Labute approximate surface area is 135 Å². The Balaban J connectivity index is 3.44. The van der Waals surface area contributed by atoms with E-state index in [0.717, 1.165) is 17.5 Å². The lowest BCUT2D eigenvalue weighted by atomic mass is 9.98. The predicted molar refractivity (Wildman–Crippen MR) is 91.1 cm³/mol. The first-order valence-electron chi connectivity index (χ1n) is 7.79. The average Bonchev–Trinajstić information content (AvgIpc) is 2.32. The lowest BCUT2D eigenvalue weighted by molar-refractivity contribution is 0.308. The molecule has 0 saturated carbocycles. The van der Waals surface area contributed by atoms with Crippen LogP contribution in [0.5, 0.6) is 5.75 Å². The highest BCUT2D eigenvalue weighted by Gasteiger charge is 2.26. The molecule has 0 radical (unpaired) electrons. The molecular formula is C17H29NO3S. The predicted octanol–water partition coefficient (Wildman–Crippen LogP) is 3.98. The molecule has 126 valence electrons. The highest BCUT2D eigenvalue weighted by atomic mass is 32.2. The van der Waals surface area contributed by atoms with Crippen LogP contribution in [0.2, 0.25) is 0 Å². The Kier molecular flexibility index (Phi) is 6.04. The summed E-state index contributed by atoms with van der Waals surface area (Å²) >= 11 is 0. The quantitative estimate of drug-likeness (QED) is 0.859. The smallest absolute Gasteiger partial charge is 0.244 e. The molecule has 0 aliphatic carbocycles. The average molecular weight is 327 g/mol. The van der Waals surface area contributed by atoms with E-state index in [-0.39, 0.29) is 10.8 Å². The topological polar surface area (TPSA) is 55.4 Å². The van der Waals surface area contributed by atoms with Crippen LogP contribution in [0, 0.1) is 6.92 Å². The van der Waals surface area contributed by atoms with E-state index in [1.54, 1.807) is 6.07 Å². The van der Waals surface area contributed by atoms with Gasteiger partial charge in [0.1, 0.15) is 10.6 Å². The van der Waals surface area contributed by atoms with Gasteiger partial charge in [-0.15, -0.1) is 0 Å². The van der Waals surface area contributed by atoms with Gasteiger partial charge >= 0.3 is 0 Å². The SMILES string of the molecule is CCCOc1cc(C)c(C(C)C)cc1S(=O)(=O)NC(C)(C)C. The second-order valence-corrected chi connectivity index (χ2v) is 8.67. The number of nitrogens with one attached hydrogen (secondary N) is 1. The van der Waals surface area contributed by atoms with Gasteiger partial charge in [0.05, 0.1) is 6.61 Å². The molecule has 1 aromatic carbocycles. The molecule has 0 aromatic heterocycles. The van der Waals surface area contributed by atoms with E-state index < -0.39 is 15.6 Å². The third kappa shape index (κ3) is 4.99. The molecule has 22 heavy (non-hydrogen) atoms. The highest BCUT2D eigenvalue weighted by Crippen LogP contribution is 2.32. The first kappa shape index (κ1) is 19.0. The van der Waals surface area contributed by atoms with Crippen molar-refractivity contribution in [2.24, 2.45) is 0 Å². The summed E-state index contributed by atoms with van der Waals surface area (Å²) in [5.74, 6) is 0.685. The van der Waals surface area contributed by atoms with Gasteiger partial charge in [-0.2, -0.15) is 0 Å². The minimum Gasteiger partial charge on any atom is -0.492 e. The van der Waals surface area contributed by atoms with Gasteiger partial charge in [-0.05, 0) is 63.3 Å². The standard InChI is InChI=1S/C17H29NO3S/c1-8-9-21-15-10-13(4)14(12(2)3)11-16(15)22(19,20)18-17(5,6)7/h10-12,18H,8-9H2,1-7H3. The number of aryl methyl sites for hydroxylation is 1. The second kappa shape index (κ2) is 7.01. The summed E-state index contributed by atoms with van der Waals surface area (Å²) in [7, 11) is -3.63. The van der Waals surface area contributed by atoms with E-state index >= 15 is 0 Å². The van der Waals surface area contributed by atoms with Crippen molar-refractivity contribution in [2.45, 2.75) is 71.2 Å². The van der Waals surface area contributed by atoms with Gasteiger partial charge in [-0.1, -0.05) is 20.8 Å². The van der Waals surface area contributed by atoms with Crippen LogP contribution in [0.15, 0.2) is 17.0 Å². The molecule has 1 rings (SSSR count). The van der Waals surface area contributed by atoms with Crippen LogP contribution in [0.3, 0.4) is 0 Å². The summed E-state index contributed by atoms with van der Waals surface area (Å²) in [5, 5.41) is 0. The highest BCUT2D eigenvalue weighted by molar-refractivity contribution is 7.89. The molecule has 4 nitrogen and oxygen atoms in total. The summed E-state index contributed by atoms with van der Waals surface area (Å²) < 4.78 is 33.8. The number of rotatable bonds is 6. The Bertz CT molecular complexity index is 614. The molecule has 1 aromatic rings. The van der Waals surface area contributed by atoms with Crippen molar-refractivity contribution in [3.05, 3.63) is 23.3 Å². The number of hydrogen-bond acceptors (Lipinski definition) is 3. The molecule has 5 heteroatoms. The fraction of sp³-hybridized carbons (Fsp3) is 0.647. The van der Waals surface area contributed by atoms with Crippen molar-refractivity contribution in [1.82, 2.24) is 4.72 Å². The Hall–Kier alpha value is -1.07. The van der Waals surface area contributed by atoms with Crippen LogP contribution >= 0.6 is 0 Å². The van der Waals surface area contributed by atoms with Crippen molar-refractivity contribution >= 4 is 10.0 Å². The van der Waals surface area contributed by atoms with Crippen molar-refractivity contribution in [2.75, 3.05) is 6.61 Å². The van der Waals surface area contributed by atoms with Gasteiger partial charge in [0.25, 0.3) is 0 Å². The van der Waals surface area contributed by atoms with Crippen LogP contribution in [0.4, 0.5) is 0 Å². The molecule has 0 fully saturated rings. The number of sulfonamides is 1. The normalized spacial score (nSPS) is 12.7. The molecular weight excluding hydrogens is 298 g/mol. The summed E-state index contributed by atoms with van der Waals surface area (Å²) in [5.41, 5.74) is 1.54. The molecule has 0 saturated heterocycles. The molecule has 0 aliphatic heterocycles. The van der Waals surface area contributed by atoms with Crippen molar-refractivity contribution in [3.63, 3.8) is 0 Å². The first-order chi connectivity index (χ1) is 9.98. The monoisotopic (exact) mass is 327 g/mol. The Morgan fingerprint density at radius 3 is 2.27 bits per heavy atom. The fourth-order valence-corrected chi connectivity index (χ4v) is 3.87. The summed E-state index contributed by atoms with van der Waals surface area (Å²) in [6, 6.07) is 3.58. The maximum absolute atomic E-state index is 12.7. The first-order valence-corrected chi connectivity index (χ1v) is 9.27. The number of ether oxygens (including phenoxy) is 1. The van der Waals surface area contributed by atoms with Crippen molar-refractivity contribution < 1.29 is 13.2 Å². The lowest BCUT2D eigenvalue weighted by Crippen LogP contribution is -2.40. The third-order valence-electron chi connectivity index (χ3n) is 3.15. The van der Waals surface area contributed by atoms with E-state index in [1.807, 2.05) is 40.7 Å². The maximum Gasteiger partial charge on any atom is 0.244 e. The summed E-state index contributed by atoms with van der Waals surface area (Å²) in [6.07, 6.45) is 0.831. The molecule has 0 bridgehead atoms. The van der Waals surface area contributed by atoms with Gasteiger partial charge in [-0.3, -0.25) is 0 Å². The van der Waals surface area contributed by atoms with Crippen LogP contribution in [-0.2, 0) is 10.0 Å². The maximum atomic E-state index is 12.7. The Morgan fingerprint density at radius 1 is 1.23 bits per heavy atom. The molecule has 0 atom stereocenters. The van der Waals surface area contributed by atoms with E-state index in [2.05, 4.69) is 18.6 Å². The zero-order valence-electron chi connectivity index (χ0n) is 14.8. The van der Waals surface area contributed by atoms with Crippen LogP contribution in [-0.4, -0.2) is 20.6 Å². The van der Waals surface area contributed by atoms with Gasteiger partial charge in [-0.25, -0.2) is 13.1 Å². The molecule has 1 N–H and O–H groups in total. The fourth-order valence-electron chi connectivity index (χ4n) is 2.29. The van der Waals surface area contributed by atoms with Crippen LogP contribution < -0.4 is 9.46 Å². The van der Waals surface area contributed by atoms with E-state index in [1.165, 1.54) is 0 Å². The minimum atomic E-state index is -3.63. The molecule has 0 spiro atoms. The van der Waals surface area contributed by atoms with Gasteiger partial charge in [0.15, 0.2) is 0 Å². The van der Waals surface area contributed by atoms with Crippen molar-refractivity contribution in [1.29, 1.82) is 0 Å². The van der Waals surface area contributed by atoms with Crippen LogP contribution in [0.25, 0.3) is 0 Å². The molecule has 0 heterocycles. The molecule has 0 aliphatic rings. The van der Waals surface area contributed by atoms with Crippen LogP contribution in [0.1, 0.15) is 65.0 Å². The number of benzene rings is 1. The summed E-state index contributed by atoms with van der Waals surface area (Å²) in [4.78, 5) is 0.227. The van der Waals surface area contributed by atoms with E-state index in [0.29, 0.717) is 12.4 Å². The van der Waals surface area contributed by atoms with Gasteiger partial charge < -0.3 is 4.74 Å². The number of hydrogen-bond donors (Lipinski definition) is 1. The molecule has 0 unspecified atom stereocenters. The van der Waals surface area contributed by atoms with Gasteiger partial charge in [0.2, 0.25) is 10.0 Å². The third-order valence-corrected chi connectivity index (χ3v) is 4.93. The van der Waals surface area contributed by atoms with E-state index in [9.17, 15) is 8.42 Å². The van der Waals surface area contributed by atoms with Crippen molar-refractivity contribution in [3.8, 4) is 5.75 Å².